The van der Waals surface area contributed by atoms with Gasteiger partial charge < -0.3 is 14.6 Å². The molecule has 0 saturated carbocycles. The normalized spacial score (nSPS) is 10.8. The number of pyridine rings is 1. The van der Waals surface area contributed by atoms with E-state index >= 15 is 0 Å². The van der Waals surface area contributed by atoms with Crippen molar-refractivity contribution in [1.29, 1.82) is 5.26 Å². The minimum absolute atomic E-state index is 0.247. The van der Waals surface area contributed by atoms with E-state index in [2.05, 4.69) is 25.6 Å². The minimum atomic E-state index is -0.397. The molecule has 0 atom stereocenters. The molecular weight excluding hydrogens is 460 g/mol. The van der Waals surface area contributed by atoms with Gasteiger partial charge in [-0.3, -0.25) is 19.5 Å². The Balaban J connectivity index is 1.51. The number of benzene rings is 1. The number of amides is 2. The summed E-state index contributed by atoms with van der Waals surface area (Å²) in [5.41, 5.74) is 2.14. The molecule has 0 bridgehead atoms. The van der Waals surface area contributed by atoms with Crippen molar-refractivity contribution in [2.24, 2.45) is 0 Å². The molecule has 36 heavy (non-hydrogen) atoms. The lowest BCUT2D eigenvalue weighted by Crippen LogP contribution is -2.25. The van der Waals surface area contributed by atoms with Crippen LogP contribution in [0, 0.1) is 11.3 Å². The number of hydrogen-bond acceptors (Lipinski definition) is 7. The molecule has 0 aliphatic rings. The van der Waals surface area contributed by atoms with Crippen LogP contribution in [-0.4, -0.2) is 56.2 Å². The molecule has 2 amide bonds. The number of methoxy groups -OCH3 is 1. The van der Waals surface area contributed by atoms with Crippen molar-refractivity contribution >= 4 is 28.9 Å². The molecule has 4 aromatic rings. The van der Waals surface area contributed by atoms with Gasteiger partial charge in [-0.1, -0.05) is 6.07 Å². The first-order valence-electron chi connectivity index (χ1n) is 11.5. The second-order valence-corrected chi connectivity index (χ2v) is 8.06. The molecule has 3 aromatic heterocycles. The minimum Gasteiger partial charge on any atom is -0.385 e. The monoisotopic (exact) mass is 486 g/mol. The fourth-order valence-corrected chi connectivity index (χ4v) is 3.70. The van der Waals surface area contributed by atoms with E-state index in [1.165, 1.54) is 12.3 Å². The van der Waals surface area contributed by atoms with Gasteiger partial charge in [0.2, 0.25) is 5.95 Å². The molecule has 11 nitrogen and oxygen atoms in total. The number of aromatic nitrogens is 5. The number of nitrogens with zero attached hydrogens (tertiary/aromatic N) is 6. The van der Waals surface area contributed by atoms with Gasteiger partial charge in [0.05, 0.1) is 23.5 Å². The fraction of sp³-hybridized carbons (Fsp3) is 0.280. The molecule has 1 aromatic carbocycles. The van der Waals surface area contributed by atoms with Crippen LogP contribution in [0.3, 0.4) is 0 Å². The van der Waals surface area contributed by atoms with E-state index in [0.29, 0.717) is 59.9 Å². The SMILES string of the molecule is COCCCn1c(NC(=O)c2cccc(C#N)c2)nc2cc(C(=O)NCCCn3ccnc3)cnc21. The average Bonchev–Trinajstić information content (AvgIpc) is 3.54. The molecule has 4 rings (SSSR count). The predicted octanol–water partition coefficient (Wildman–Crippen LogP) is 2.61. The van der Waals surface area contributed by atoms with Crippen molar-refractivity contribution < 1.29 is 14.3 Å². The predicted molar refractivity (Wildman–Crippen MR) is 132 cm³/mol. The summed E-state index contributed by atoms with van der Waals surface area (Å²) in [7, 11) is 1.62. The van der Waals surface area contributed by atoms with Gasteiger partial charge in [0.25, 0.3) is 11.8 Å². The van der Waals surface area contributed by atoms with Gasteiger partial charge in [0.1, 0.15) is 5.52 Å². The number of carbonyl (C=O) groups is 2. The number of aryl methyl sites for hydroxylation is 2. The van der Waals surface area contributed by atoms with Gasteiger partial charge >= 0.3 is 0 Å². The van der Waals surface area contributed by atoms with Crippen LogP contribution in [0.2, 0.25) is 0 Å². The molecule has 0 saturated heterocycles. The Morgan fingerprint density at radius 1 is 1.14 bits per heavy atom. The Bertz CT molecular complexity index is 1390. The van der Waals surface area contributed by atoms with Crippen molar-refractivity contribution in [2.45, 2.75) is 25.9 Å². The van der Waals surface area contributed by atoms with E-state index in [1.807, 2.05) is 16.8 Å². The summed E-state index contributed by atoms with van der Waals surface area (Å²) >= 11 is 0. The summed E-state index contributed by atoms with van der Waals surface area (Å²) in [5, 5.41) is 14.8. The van der Waals surface area contributed by atoms with Crippen molar-refractivity contribution in [3.63, 3.8) is 0 Å². The molecule has 11 heteroatoms. The van der Waals surface area contributed by atoms with Crippen LogP contribution in [0.1, 0.15) is 39.1 Å². The zero-order valence-electron chi connectivity index (χ0n) is 19.8. The van der Waals surface area contributed by atoms with Crippen molar-refractivity contribution in [3.05, 3.63) is 71.9 Å². The summed E-state index contributed by atoms with van der Waals surface area (Å²) in [4.78, 5) is 38.5. The molecule has 0 aliphatic heterocycles. The molecular formula is C25H26N8O3. The Kier molecular flexibility index (Phi) is 8.00. The van der Waals surface area contributed by atoms with Crippen molar-refractivity contribution in [3.8, 4) is 6.07 Å². The van der Waals surface area contributed by atoms with Crippen LogP contribution >= 0.6 is 0 Å². The molecule has 3 heterocycles. The van der Waals surface area contributed by atoms with E-state index in [4.69, 9.17) is 10.00 Å². The third kappa shape index (κ3) is 5.92. The van der Waals surface area contributed by atoms with Crippen LogP contribution in [0.4, 0.5) is 5.95 Å². The second kappa shape index (κ2) is 11.7. The first kappa shape index (κ1) is 24.6. The number of hydrogen-bond donors (Lipinski definition) is 2. The molecule has 0 spiro atoms. The first-order chi connectivity index (χ1) is 17.6. The van der Waals surface area contributed by atoms with E-state index in [1.54, 1.807) is 48.5 Å². The number of nitrogens with one attached hydrogen (secondary N) is 2. The highest BCUT2D eigenvalue weighted by Crippen LogP contribution is 2.21. The van der Waals surface area contributed by atoms with Gasteiger partial charge in [-0.2, -0.15) is 5.26 Å². The lowest BCUT2D eigenvalue weighted by Gasteiger charge is -2.10. The lowest BCUT2D eigenvalue weighted by molar-refractivity contribution is 0.0951. The smallest absolute Gasteiger partial charge is 0.258 e. The number of anilines is 1. The molecule has 0 fully saturated rings. The van der Waals surface area contributed by atoms with Gasteiger partial charge in [0.15, 0.2) is 5.65 Å². The first-order valence-corrected chi connectivity index (χ1v) is 11.5. The van der Waals surface area contributed by atoms with Crippen LogP contribution in [0.15, 0.2) is 55.2 Å². The topological polar surface area (TPSA) is 140 Å². The molecule has 2 N–H and O–H groups in total. The maximum Gasteiger partial charge on any atom is 0.258 e. The second-order valence-electron chi connectivity index (χ2n) is 8.06. The van der Waals surface area contributed by atoms with Gasteiger partial charge in [-0.15, -0.1) is 0 Å². The highest BCUT2D eigenvalue weighted by Gasteiger charge is 2.17. The Morgan fingerprint density at radius 2 is 2.03 bits per heavy atom. The van der Waals surface area contributed by atoms with E-state index < -0.39 is 5.91 Å². The van der Waals surface area contributed by atoms with Gasteiger partial charge in [-0.25, -0.2) is 15.0 Å². The van der Waals surface area contributed by atoms with Crippen molar-refractivity contribution in [2.75, 3.05) is 25.6 Å². The van der Waals surface area contributed by atoms with Crippen LogP contribution in [0.25, 0.3) is 11.2 Å². The maximum absolute atomic E-state index is 12.9. The van der Waals surface area contributed by atoms with Gasteiger partial charge in [0, 0.05) is 57.5 Å². The summed E-state index contributed by atoms with van der Waals surface area (Å²) in [6.07, 6.45) is 8.26. The molecule has 0 unspecified atom stereocenters. The highest BCUT2D eigenvalue weighted by molar-refractivity contribution is 6.04. The zero-order valence-corrected chi connectivity index (χ0v) is 19.8. The van der Waals surface area contributed by atoms with E-state index in [-0.39, 0.29) is 5.91 Å². The van der Waals surface area contributed by atoms with E-state index in [9.17, 15) is 9.59 Å². The number of nitriles is 1. The van der Waals surface area contributed by atoms with E-state index in [0.717, 1.165) is 13.0 Å². The number of rotatable bonds is 11. The van der Waals surface area contributed by atoms with Gasteiger partial charge in [-0.05, 0) is 37.1 Å². The number of imidazole rings is 2. The number of ether oxygens (including phenoxy) is 1. The third-order valence-electron chi connectivity index (χ3n) is 5.49. The Labute approximate surface area is 207 Å². The highest BCUT2D eigenvalue weighted by atomic mass is 16.5. The standard InChI is InChI=1S/C25H26N8O3/c1-36-12-4-10-33-22-21(30-25(33)31-24(35)19-6-2-5-18(13-19)15-26)14-20(16-29-22)23(34)28-7-3-9-32-11-8-27-17-32/h2,5-6,8,11,13-14,16-17H,3-4,7,9-10,12H2,1H3,(H,28,34)(H,30,31,35). The zero-order chi connectivity index (χ0) is 25.3. The summed E-state index contributed by atoms with van der Waals surface area (Å²) < 4.78 is 8.89. The van der Waals surface area contributed by atoms with Crippen LogP contribution < -0.4 is 10.6 Å². The summed E-state index contributed by atoms with van der Waals surface area (Å²) in [6.45, 7) is 2.29. The largest absolute Gasteiger partial charge is 0.385 e. The van der Waals surface area contributed by atoms with Crippen LogP contribution in [0.5, 0.6) is 0 Å². The fourth-order valence-electron chi connectivity index (χ4n) is 3.70. The lowest BCUT2D eigenvalue weighted by atomic mass is 10.1. The van der Waals surface area contributed by atoms with Crippen LogP contribution in [-0.2, 0) is 17.8 Å². The number of fused-ring (bicyclic) bond motifs is 1. The summed E-state index contributed by atoms with van der Waals surface area (Å²) in [5.74, 6) is -0.340. The summed E-state index contributed by atoms with van der Waals surface area (Å²) in [6, 6.07) is 10.1. The Morgan fingerprint density at radius 3 is 2.81 bits per heavy atom. The molecule has 0 radical (unpaired) electrons. The number of carbonyl (C=O) groups excluding carboxylic acids is 2. The third-order valence-corrected chi connectivity index (χ3v) is 5.49. The maximum atomic E-state index is 12.9. The average molecular weight is 487 g/mol. The van der Waals surface area contributed by atoms with Crippen molar-refractivity contribution in [1.82, 2.24) is 29.4 Å². The molecule has 184 valence electrons. The Hall–Kier alpha value is -4.56. The molecule has 0 aliphatic carbocycles. The quantitative estimate of drug-likeness (QED) is 0.311.